The number of anilines is 1. The van der Waals surface area contributed by atoms with Crippen molar-refractivity contribution >= 4 is 11.6 Å². The molecule has 140 valence electrons. The van der Waals surface area contributed by atoms with Crippen molar-refractivity contribution in [3.8, 4) is 0 Å². The fraction of sp³-hybridized carbons (Fsp3) is 0.316. The highest BCUT2D eigenvalue weighted by atomic mass is 19.4. The number of nitrogens with zero attached hydrogens (tertiary/aromatic N) is 1. The number of likely N-dealkylation sites (N-methyl/N-ethyl adjacent to an activating group) is 1. The highest BCUT2D eigenvalue weighted by Gasteiger charge is 2.31. The van der Waals surface area contributed by atoms with E-state index in [4.69, 9.17) is 0 Å². The molecular formula is C19H20F4N2O. The van der Waals surface area contributed by atoms with E-state index in [9.17, 15) is 22.4 Å². The highest BCUT2D eigenvalue weighted by Crippen LogP contribution is 2.32. The minimum Gasteiger partial charge on any atom is -0.322 e. The Morgan fingerprint density at radius 2 is 1.81 bits per heavy atom. The Morgan fingerprint density at radius 3 is 2.42 bits per heavy atom. The summed E-state index contributed by atoms with van der Waals surface area (Å²) >= 11 is 0. The Hall–Kier alpha value is -2.41. The van der Waals surface area contributed by atoms with Crippen molar-refractivity contribution in [2.24, 2.45) is 0 Å². The third kappa shape index (κ3) is 5.05. The number of nitrogens with one attached hydrogen (secondary N) is 1. The van der Waals surface area contributed by atoms with Gasteiger partial charge >= 0.3 is 6.18 Å². The first-order valence-electron chi connectivity index (χ1n) is 8.00. The van der Waals surface area contributed by atoms with Crippen molar-refractivity contribution in [2.45, 2.75) is 19.5 Å². The predicted octanol–water partition coefficient (Wildman–Crippen LogP) is 4.51. The van der Waals surface area contributed by atoms with E-state index in [1.807, 2.05) is 19.0 Å². The Balaban J connectivity index is 2.37. The first-order valence-corrected chi connectivity index (χ1v) is 8.00. The second-order valence-electron chi connectivity index (χ2n) is 6.36. The fourth-order valence-corrected chi connectivity index (χ4v) is 2.43. The van der Waals surface area contributed by atoms with Gasteiger partial charge in [-0.2, -0.15) is 13.2 Å². The van der Waals surface area contributed by atoms with E-state index in [0.29, 0.717) is 24.1 Å². The second kappa shape index (κ2) is 7.86. The van der Waals surface area contributed by atoms with Crippen LogP contribution in [0.5, 0.6) is 0 Å². The zero-order chi connectivity index (χ0) is 19.5. The van der Waals surface area contributed by atoms with Crippen LogP contribution in [0, 0.1) is 12.7 Å². The summed E-state index contributed by atoms with van der Waals surface area (Å²) in [5, 5.41) is 2.43. The van der Waals surface area contributed by atoms with E-state index in [1.54, 1.807) is 6.92 Å². The van der Waals surface area contributed by atoms with E-state index in [-0.39, 0.29) is 11.3 Å². The largest absolute Gasteiger partial charge is 0.416 e. The summed E-state index contributed by atoms with van der Waals surface area (Å²) in [6, 6.07) is 7.24. The highest BCUT2D eigenvalue weighted by molar-refractivity contribution is 6.05. The van der Waals surface area contributed by atoms with Gasteiger partial charge in [-0.05, 0) is 57.3 Å². The van der Waals surface area contributed by atoms with Gasteiger partial charge in [0, 0.05) is 12.2 Å². The number of halogens is 4. The summed E-state index contributed by atoms with van der Waals surface area (Å²) in [6.45, 7) is 2.29. The van der Waals surface area contributed by atoms with Gasteiger partial charge in [-0.15, -0.1) is 0 Å². The SMILES string of the molecule is Cc1ccc(F)c(C(=O)Nc2cc(C(F)(F)F)ccc2CCN(C)C)c1. The Labute approximate surface area is 149 Å². The van der Waals surface area contributed by atoms with Gasteiger partial charge in [-0.25, -0.2) is 4.39 Å². The summed E-state index contributed by atoms with van der Waals surface area (Å²) < 4.78 is 52.9. The first kappa shape index (κ1) is 19.9. The molecule has 0 aliphatic heterocycles. The van der Waals surface area contributed by atoms with Gasteiger partial charge in [0.2, 0.25) is 0 Å². The van der Waals surface area contributed by atoms with Crippen molar-refractivity contribution in [1.82, 2.24) is 4.90 Å². The van der Waals surface area contributed by atoms with Crippen LogP contribution in [0.1, 0.15) is 27.0 Å². The summed E-state index contributed by atoms with van der Waals surface area (Å²) in [6.07, 6.45) is -4.09. The number of amides is 1. The van der Waals surface area contributed by atoms with Crippen LogP contribution in [0.3, 0.4) is 0 Å². The van der Waals surface area contributed by atoms with Gasteiger partial charge in [-0.3, -0.25) is 4.79 Å². The van der Waals surface area contributed by atoms with Gasteiger partial charge in [0.05, 0.1) is 11.1 Å². The van der Waals surface area contributed by atoms with Gasteiger partial charge in [0.1, 0.15) is 5.82 Å². The third-order valence-electron chi connectivity index (χ3n) is 3.88. The molecule has 0 heterocycles. The van der Waals surface area contributed by atoms with Crippen LogP contribution in [0.2, 0.25) is 0 Å². The van der Waals surface area contributed by atoms with E-state index < -0.39 is 23.5 Å². The number of rotatable bonds is 5. The van der Waals surface area contributed by atoms with Crippen molar-refractivity contribution in [2.75, 3.05) is 26.0 Å². The lowest BCUT2D eigenvalue weighted by Crippen LogP contribution is -2.19. The topological polar surface area (TPSA) is 32.3 Å². The van der Waals surface area contributed by atoms with Crippen molar-refractivity contribution in [3.05, 3.63) is 64.5 Å². The second-order valence-corrected chi connectivity index (χ2v) is 6.36. The molecule has 1 amide bonds. The number of hydrogen-bond acceptors (Lipinski definition) is 2. The van der Waals surface area contributed by atoms with Crippen LogP contribution in [0.15, 0.2) is 36.4 Å². The minimum atomic E-state index is -4.53. The number of alkyl halides is 3. The molecule has 7 heteroatoms. The summed E-state index contributed by atoms with van der Waals surface area (Å²) in [5.41, 5.74) is 0.182. The predicted molar refractivity (Wildman–Crippen MR) is 92.8 cm³/mol. The molecular weight excluding hydrogens is 348 g/mol. The molecule has 2 aromatic rings. The number of benzene rings is 2. The van der Waals surface area contributed by atoms with Gasteiger partial charge in [-0.1, -0.05) is 17.7 Å². The molecule has 3 nitrogen and oxygen atoms in total. The molecule has 26 heavy (non-hydrogen) atoms. The molecule has 0 spiro atoms. The lowest BCUT2D eigenvalue weighted by molar-refractivity contribution is -0.137. The van der Waals surface area contributed by atoms with E-state index in [1.165, 1.54) is 18.2 Å². The van der Waals surface area contributed by atoms with E-state index >= 15 is 0 Å². The average Bonchev–Trinajstić information content (AvgIpc) is 2.54. The summed E-state index contributed by atoms with van der Waals surface area (Å²) in [7, 11) is 3.68. The molecule has 0 aliphatic rings. The lowest BCUT2D eigenvalue weighted by Gasteiger charge is -2.16. The zero-order valence-corrected chi connectivity index (χ0v) is 14.7. The standard InChI is InChI=1S/C19H20F4N2O/c1-12-4-7-16(20)15(10-12)18(26)24-17-11-14(19(21,22)23)6-5-13(17)8-9-25(2)3/h4-7,10-11H,8-9H2,1-3H3,(H,24,26). The third-order valence-corrected chi connectivity index (χ3v) is 3.88. The molecule has 0 aromatic heterocycles. The number of aryl methyl sites for hydroxylation is 1. The van der Waals surface area contributed by atoms with Crippen LogP contribution in [0.4, 0.5) is 23.2 Å². The van der Waals surface area contributed by atoms with Gasteiger partial charge < -0.3 is 10.2 Å². The molecule has 0 unspecified atom stereocenters. The van der Waals surface area contributed by atoms with Crippen LogP contribution in [0.25, 0.3) is 0 Å². The number of hydrogen-bond donors (Lipinski definition) is 1. The molecule has 0 atom stereocenters. The maximum atomic E-state index is 13.9. The Kier molecular flexibility index (Phi) is 6.02. The van der Waals surface area contributed by atoms with Crippen LogP contribution >= 0.6 is 0 Å². The quantitative estimate of drug-likeness (QED) is 0.788. The molecule has 2 aromatic carbocycles. The lowest BCUT2D eigenvalue weighted by atomic mass is 10.0. The van der Waals surface area contributed by atoms with Crippen LogP contribution in [-0.4, -0.2) is 31.4 Å². The summed E-state index contributed by atoms with van der Waals surface area (Å²) in [4.78, 5) is 14.3. The Morgan fingerprint density at radius 1 is 1.12 bits per heavy atom. The van der Waals surface area contributed by atoms with Gasteiger partial charge in [0.15, 0.2) is 0 Å². The number of carbonyl (C=O) groups is 1. The number of carbonyl (C=O) groups excluding carboxylic acids is 1. The van der Waals surface area contributed by atoms with Crippen LogP contribution in [-0.2, 0) is 12.6 Å². The van der Waals surface area contributed by atoms with Crippen molar-refractivity contribution in [3.63, 3.8) is 0 Å². The molecule has 2 rings (SSSR count). The molecule has 0 aliphatic carbocycles. The summed E-state index contributed by atoms with van der Waals surface area (Å²) in [5.74, 6) is -1.51. The zero-order valence-electron chi connectivity index (χ0n) is 14.7. The smallest absolute Gasteiger partial charge is 0.322 e. The minimum absolute atomic E-state index is 0.0348. The molecule has 0 bridgehead atoms. The molecule has 0 fully saturated rings. The van der Waals surface area contributed by atoms with Crippen LogP contribution < -0.4 is 5.32 Å². The molecule has 1 N–H and O–H groups in total. The van der Waals surface area contributed by atoms with E-state index in [0.717, 1.165) is 18.2 Å². The maximum absolute atomic E-state index is 13.9. The monoisotopic (exact) mass is 368 g/mol. The molecule has 0 saturated heterocycles. The first-order chi connectivity index (χ1) is 12.1. The van der Waals surface area contributed by atoms with Crippen molar-refractivity contribution < 1.29 is 22.4 Å². The molecule has 0 saturated carbocycles. The Bertz CT molecular complexity index is 801. The normalized spacial score (nSPS) is 11.7. The molecule has 0 radical (unpaired) electrons. The maximum Gasteiger partial charge on any atom is 0.416 e. The fourth-order valence-electron chi connectivity index (χ4n) is 2.43. The van der Waals surface area contributed by atoms with E-state index in [2.05, 4.69) is 5.32 Å². The van der Waals surface area contributed by atoms with Crippen molar-refractivity contribution in [1.29, 1.82) is 0 Å². The van der Waals surface area contributed by atoms with Gasteiger partial charge in [0.25, 0.3) is 5.91 Å². The average molecular weight is 368 g/mol.